The van der Waals surface area contributed by atoms with Gasteiger partial charge in [0.15, 0.2) is 0 Å². The molecule has 0 radical (unpaired) electrons. The zero-order valence-electron chi connectivity index (χ0n) is 14.3. The molecule has 0 atom stereocenters. The van der Waals surface area contributed by atoms with Crippen molar-refractivity contribution in [3.63, 3.8) is 0 Å². The zero-order chi connectivity index (χ0) is 20.5. The topological polar surface area (TPSA) is 61.8 Å². The normalized spacial score (nSPS) is 15.0. The minimum atomic E-state index is -4.93. The summed E-state index contributed by atoms with van der Waals surface area (Å²) in [5.74, 6) is -2.31. The van der Waals surface area contributed by atoms with Gasteiger partial charge in [-0.3, -0.25) is 0 Å². The van der Waals surface area contributed by atoms with E-state index in [1.54, 1.807) is 6.92 Å². The molecule has 0 unspecified atom stereocenters. The number of benzene rings is 2. The van der Waals surface area contributed by atoms with E-state index in [1.807, 2.05) is 0 Å². The van der Waals surface area contributed by atoms with Crippen LogP contribution in [-0.4, -0.2) is 28.6 Å². The number of esters is 1. The third kappa shape index (κ3) is 3.64. The minimum absolute atomic E-state index is 0.0542. The molecule has 28 heavy (non-hydrogen) atoms. The van der Waals surface area contributed by atoms with Gasteiger partial charge in [-0.1, -0.05) is 0 Å². The Bertz CT molecular complexity index is 901. The molecule has 0 N–H and O–H groups in total. The Kier molecular flexibility index (Phi) is 5.50. The summed E-state index contributed by atoms with van der Waals surface area (Å²) >= 11 is -4.39. The Morgan fingerprint density at radius 2 is 1.71 bits per heavy atom. The third-order valence-electron chi connectivity index (χ3n) is 3.58. The van der Waals surface area contributed by atoms with Gasteiger partial charge in [0.1, 0.15) is 0 Å². The van der Waals surface area contributed by atoms with E-state index < -0.39 is 48.0 Å². The molecule has 1 aliphatic heterocycles. The van der Waals surface area contributed by atoms with Gasteiger partial charge in [0, 0.05) is 0 Å². The summed E-state index contributed by atoms with van der Waals surface area (Å²) in [6.45, 7) is 1.71. The molecule has 0 saturated heterocycles. The molecule has 0 aliphatic carbocycles. The summed E-state index contributed by atoms with van der Waals surface area (Å²) in [7, 11) is 0. The van der Waals surface area contributed by atoms with Gasteiger partial charge < -0.3 is 0 Å². The van der Waals surface area contributed by atoms with Crippen molar-refractivity contribution < 1.29 is 39.7 Å². The van der Waals surface area contributed by atoms with Gasteiger partial charge in [0.05, 0.1) is 0 Å². The second kappa shape index (κ2) is 7.57. The van der Waals surface area contributed by atoms with Crippen LogP contribution in [0.3, 0.4) is 0 Å². The van der Waals surface area contributed by atoms with E-state index in [9.17, 15) is 27.2 Å². The maximum atomic E-state index is 14.6. The number of ether oxygens (including phenoxy) is 2. The number of fused-ring (bicyclic) bond motifs is 1. The molecule has 3 rings (SSSR count). The molecule has 0 amide bonds. The maximum absolute atomic E-state index is 14.6. The first kappa shape index (κ1) is 20.4. The van der Waals surface area contributed by atoms with Gasteiger partial charge in [-0.05, 0) is 0 Å². The first-order valence-corrected chi connectivity index (χ1v) is 10.9. The van der Waals surface area contributed by atoms with E-state index in [-0.39, 0.29) is 21.3 Å². The van der Waals surface area contributed by atoms with Gasteiger partial charge >= 0.3 is 164 Å². The Morgan fingerprint density at radius 3 is 2.36 bits per heavy atom. The quantitative estimate of drug-likeness (QED) is 0.239. The molecule has 10 heteroatoms. The molecule has 0 fully saturated rings. The van der Waals surface area contributed by atoms with E-state index in [1.165, 1.54) is 24.3 Å². The Hall–Kier alpha value is -2.37. The molecular weight excluding hydrogens is 499 g/mol. The standard InChI is InChI=1S/C18H13F4IO5/c1-2-26-15(24)11-7-9-12(10-8-11)27-18(21,22)17(19,20)23-14-6-4-3-5-13(14)16(25)28-23/h3-10H,2H2,1H3. The number of hydrogen-bond donors (Lipinski definition) is 0. The molecule has 2 aromatic carbocycles. The van der Waals surface area contributed by atoms with Crippen LogP contribution in [0.4, 0.5) is 17.6 Å². The number of rotatable bonds is 6. The van der Waals surface area contributed by atoms with Gasteiger partial charge in [-0.2, -0.15) is 0 Å². The van der Waals surface area contributed by atoms with Crippen molar-refractivity contribution in [3.05, 3.63) is 63.2 Å². The fourth-order valence-corrected chi connectivity index (χ4v) is 6.31. The molecule has 1 heterocycles. The number of carbonyl (C=O) groups excluding carboxylic acids is 2. The van der Waals surface area contributed by atoms with E-state index in [0.29, 0.717) is 0 Å². The number of alkyl halides is 5. The second-order valence-electron chi connectivity index (χ2n) is 5.45. The van der Waals surface area contributed by atoms with Crippen molar-refractivity contribution in [2.75, 3.05) is 6.61 Å². The van der Waals surface area contributed by atoms with Crippen LogP contribution in [0.2, 0.25) is 0 Å². The molecule has 0 bridgehead atoms. The van der Waals surface area contributed by atoms with Gasteiger partial charge in [0.2, 0.25) is 0 Å². The molecule has 0 spiro atoms. The summed E-state index contributed by atoms with van der Waals surface area (Å²) in [6.07, 6.45) is -4.93. The molecule has 5 nitrogen and oxygen atoms in total. The van der Waals surface area contributed by atoms with Crippen LogP contribution in [-0.2, 0) is 7.80 Å². The van der Waals surface area contributed by atoms with Crippen LogP contribution in [0, 0.1) is 3.57 Å². The SMILES string of the molecule is CCOC(=O)c1ccc(OC(F)(F)C(F)(F)I2OC(=O)c3ccccc32)cc1. The third-order valence-corrected chi connectivity index (χ3v) is 8.28. The van der Waals surface area contributed by atoms with Crippen molar-refractivity contribution in [2.24, 2.45) is 0 Å². The molecule has 150 valence electrons. The zero-order valence-corrected chi connectivity index (χ0v) is 16.4. The number of hydrogen-bond acceptors (Lipinski definition) is 5. The predicted molar refractivity (Wildman–Crippen MR) is 97.5 cm³/mol. The summed E-state index contributed by atoms with van der Waals surface area (Å²) < 4.78 is 66.6. The number of halogens is 5. The van der Waals surface area contributed by atoms with Crippen molar-refractivity contribution in [2.45, 2.75) is 17.0 Å². The van der Waals surface area contributed by atoms with Crippen molar-refractivity contribution >= 4 is 32.2 Å². The summed E-state index contributed by atoms with van der Waals surface area (Å²) in [5.41, 5.74) is -0.0829. The Morgan fingerprint density at radius 1 is 1.07 bits per heavy atom. The van der Waals surface area contributed by atoms with Crippen molar-refractivity contribution in [1.29, 1.82) is 0 Å². The van der Waals surface area contributed by atoms with Crippen LogP contribution in [0.1, 0.15) is 27.6 Å². The van der Waals surface area contributed by atoms with Crippen LogP contribution < -0.4 is 4.74 Å². The molecule has 0 saturated carbocycles. The molecule has 1 aliphatic rings. The molecule has 0 aromatic heterocycles. The van der Waals surface area contributed by atoms with Crippen LogP contribution in [0.5, 0.6) is 5.75 Å². The fraction of sp³-hybridized carbons (Fsp3) is 0.222. The van der Waals surface area contributed by atoms with E-state index in [2.05, 4.69) is 7.80 Å². The first-order chi connectivity index (χ1) is 13.2. The van der Waals surface area contributed by atoms with Crippen molar-refractivity contribution in [3.8, 4) is 5.75 Å². The fourth-order valence-electron chi connectivity index (χ4n) is 2.29. The van der Waals surface area contributed by atoms with Crippen LogP contribution in [0.25, 0.3) is 0 Å². The predicted octanol–water partition coefficient (Wildman–Crippen LogP) is 4.89. The monoisotopic (exact) mass is 512 g/mol. The van der Waals surface area contributed by atoms with Crippen molar-refractivity contribution in [1.82, 2.24) is 0 Å². The van der Waals surface area contributed by atoms with E-state index in [4.69, 9.17) is 4.74 Å². The van der Waals surface area contributed by atoms with Gasteiger partial charge in [-0.25, -0.2) is 0 Å². The van der Waals surface area contributed by atoms with Gasteiger partial charge in [-0.15, -0.1) is 0 Å². The Balaban J connectivity index is 1.82. The summed E-state index contributed by atoms with van der Waals surface area (Å²) in [5, 5.41) is 0. The molecule has 2 aromatic rings. The summed E-state index contributed by atoms with van der Waals surface area (Å²) in [4.78, 5) is 23.3. The van der Waals surface area contributed by atoms with Gasteiger partial charge in [0.25, 0.3) is 0 Å². The average molecular weight is 512 g/mol. The second-order valence-corrected chi connectivity index (χ2v) is 9.83. The van der Waals surface area contributed by atoms with Crippen LogP contribution in [0.15, 0.2) is 48.5 Å². The first-order valence-electron chi connectivity index (χ1n) is 7.91. The number of carbonyl (C=O) groups is 2. The van der Waals surface area contributed by atoms with Crippen LogP contribution >= 0.6 is 20.2 Å². The Labute approximate surface area is 164 Å². The van der Waals surface area contributed by atoms with E-state index >= 15 is 0 Å². The molecular formula is C18H13F4IO5. The summed E-state index contributed by atoms with van der Waals surface area (Å²) in [6, 6.07) is 9.37. The van der Waals surface area contributed by atoms with E-state index in [0.717, 1.165) is 24.3 Å². The average Bonchev–Trinajstić information content (AvgIpc) is 3.00.